The average molecular weight is 402 g/mol. The SMILES string of the molecule is CCOc1cc(C(=O)OCC(=O)NC(CC)CC)cc(Br)c1OC. The highest BCUT2D eigenvalue weighted by Gasteiger charge is 2.17. The van der Waals surface area contributed by atoms with Crippen LogP contribution in [0.3, 0.4) is 0 Å². The van der Waals surface area contributed by atoms with E-state index in [0.717, 1.165) is 12.8 Å². The summed E-state index contributed by atoms with van der Waals surface area (Å²) in [5.74, 6) is 0.0244. The van der Waals surface area contributed by atoms with Crippen LogP contribution in [0.5, 0.6) is 11.5 Å². The van der Waals surface area contributed by atoms with Crippen LogP contribution in [0.4, 0.5) is 0 Å². The monoisotopic (exact) mass is 401 g/mol. The van der Waals surface area contributed by atoms with Crippen LogP contribution in [0, 0.1) is 0 Å². The third-order valence-electron chi connectivity index (χ3n) is 3.43. The second-order valence-electron chi connectivity index (χ2n) is 5.08. The third kappa shape index (κ3) is 5.70. The van der Waals surface area contributed by atoms with E-state index in [1.165, 1.54) is 13.2 Å². The number of carbonyl (C=O) groups excluding carboxylic acids is 2. The average Bonchev–Trinajstić information content (AvgIpc) is 2.57. The summed E-state index contributed by atoms with van der Waals surface area (Å²) >= 11 is 3.34. The van der Waals surface area contributed by atoms with Crippen molar-refractivity contribution in [3.63, 3.8) is 0 Å². The van der Waals surface area contributed by atoms with Crippen LogP contribution < -0.4 is 14.8 Å². The first kappa shape index (κ1) is 20.3. The van der Waals surface area contributed by atoms with Crippen LogP contribution in [-0.4, -0.2) is 38.2 Å². The Morgan fingerprint density at radius 2 is 1.88 bits per heavy atom. The summed E-state index contributed by atoms with van der Waals surface area (Å²) in [6, 6.07) is 3.20. The summed E-state index contributed by atoms with van der Waals surface area (Å²) in [4.78, 5) is 24.0. The maximum atomic E-state index is 12.2. The molecule has 134 valence electrons. The lowest BCUT2D eigenvalue weighted by molar-refractivity contribution is -0.125. The zero-order valence-corrected chi connectivity index (χ0v) is 16.1. The molecule has 1 aromatic carbocycles. The minimum atomic E-state index is -0.598. The number of carbonyl (C=O) groups is 2. The molecule has 0 saturated carbocycles. The van der Waals surface area contributed by atoms with Crippen molar-refractivity contribution < 1.29 is 23.8 Å². The van der Waals surface area contributed by atoms with E-state index in [1.54, 1.807) is 6.07 Å². The number of ether oxygens (including phenoxy) is 3. The molecule has 0 aliphatic heterocycles. The lowest BCUT2D eigenvalue weighted by Crippen LogP contribution is -2.36. The minimum absolute atomic E-state index is 0.0934. The van der Waals surface area contributed by atoms with E-state index in [0.29, 0.717) is 22.6 Å². The van der Waals surface area contributed by atoms with Crippen molar-refractivity contribution in [3.8, 4) is 11.5 Å². The Morgan fingerprint density at radius 1 is 1.21 bits per heavy atom. The quantitative estimate of drug-likeness (QED) is 0.642. The van der Waals surface area contributed by atoms with E-state index >= 15 is 0 Å². The van der Waals surface area contributed by atoms with E-state index in [4.69, 9.17) is 14.2 Å². The van der Waals surface area contributed by atoms with Crippen molar-refractivity contribution in [3.05, 3.63) is 22.2 Å². The number of benzene rings is 1. The Morgan fingerprint density at radius 3 is 2.42 bits per heavy atom. The molecule has 0 heterocycles. The predicted octanol–water partition coefficient (Wildman–Crippen LogP) is 3.32. The molecule has 0 bridgehead atoms. The van der Waals surface area contributed by atoms with Gasteiger partial charge in [-0.1, -0.05) is 13.8 Å². The number of hydrogen-bond acceptors (Lipinski definition) is 5. The molecule has 0 unspecified atom stereocenters. The standard InChI is InChI=1S/C17H24BrNO5/c1-5-12(6-2)19-15(20)10-24-17(21)11-8-13(18)16(22-4)14(9-11)23-7-3/h8-9,12H,5-7,10H2,1-4H3,(H,19,20). The van der Waals surface area contributed by atoms with Crippen molar-refractivity contribution in [1.29, 1.82) is 0 Å². The molecule has 1 aromatic rings. The van der Waals surface area contributed by atoms with Gasteiger partial charge in [0.2, 0.25) is 0 Å². The Balaban J connectivity index is 2.76. The van der Waals surface area contributed by atoms with Gasteiger partial charge in [-0.15, -0.1) is 0 Å². The Kier molecular flexibility index (Phi) is 8.60. The highest BCUT2D eigenvalue weighted by atomic mass is 79.9. The molecule has 1 rings (SSSR count). The molecule has 0 aliphatic rings. The van der Waals surface area contributed by atoms with Crippen LogP contribution >= 0.6 is 15.9 Å². The number of halogens is 1. The molecule has 1 amide bonds. The lowest BCUT2D eigenvalue weighted by Gasteiger charge is -2.15. The van der Waals surface area contributed by atoms with E-state index in [2.05, 4.69) is 21.2 Å². The van der Waals surface area contributed by atoms with Crippen molar-refractivity contribution in [1.82, 2.24) is 5.32 Å². The first-order chi connectivity index (χ1) is 11.5. The number of rotatable bonds is 9. The molecule has 1 N–H and O–H groups in total. The molecule has 0 spiro atoms. The Labute approximate surface area is 151 Å². The smallest absolute Gasteiger partial charge is 0.338 e. The normalized spacial score (nSPS) is 10.4. The number of methoxy groups -OCH3 is 1. The first-order valence-electron chi connectivity index (χ1n) is 7.93. The minimum Gasteiger partial charge on any atom is -0.492 e. The summed E-state index contributed by atoms with van der Waals surface area (Å²) in [6.45, 7) is 5.93. The van der Waals surface area contributed by atoms with Gasteiger partial charge >= 0.3 is 5.97 Å². The zero-order chi connectivity index (χ0) is 18.1. The summed E-state index contributed by atoms with van der Waals surface area (Å²) in [7, 11) is 1.52. The van der Waals surface area contributed by atoms with Gasteiger partial charge in [-0.25, -0.2) is 4.79 Å². The number of amides is 1. The summed E-state index contributed by atoms with van der Waals surface area (Å²) in [5, 5.41) is 2.81. The molecule has 0 saturated heterocycles. The fourth-order valence-corrected chi connectivity index (χ4v) is 2.73. The van der Waals surface area contributed by atoms with Gasteiger partial charge in [-0.2, -0.15) is 0 Å². The largest absolute Gasteiger partial charge is 0.492 e. The second kappa shape index (κ2) is 10.2. The van der Waals surface area contributed by atoms with E-state index in [1.807, 2.05) is 20.8 Å². The molecule has 6 nitrogen and oxygen atoms in total. The predicted molar refractivity (Wildman–Crippen MR) is 94.7 cm³/mol. The van der Waals surface area contributed by atoms with Gasteiger partial charge in [0.25, 0.3) is 5.91 Å². The first-order valence-corrected chi connectivity index (χ1v) is 8.72. The summed E-state index contributed by atoms with van der Waals surface area (Å²) in [5.41, 5.74) is 0.279. The van der Waals surface area contributed by atoms with Crippen LogP contribution in [0.15, 0.2) is 16.6 Å². The molecular weight excluding hydrogens is 378 g/mol. The van der Waals surface area contributed by atoms with Crippen molar-refractivity contribution in [2.45, 2.75) is 39.7 Å². The Hall–Kier alpha value is -1.76. The van der Waals surface area contributed by atoms with Gasteiger partial charge in [-0.05, 0) is 47.8 Å². The van der Waals surface area contributed by atoms with Gasteiger partial charge in [-0.3, -0.25) is 4.79 Å². The highest BCUT2D eigenvalue weighted by molar-refractivity contribution is 9.10. The van der Waals surface area contributed by atoms with Crippen LogP contribution in [-0.2, 0) is 9.53 Å². The molecule has 0 fully saturated rings. The molecule has 0 aromatic heterocycles. The second-order valence-corrected chi connectivity index (χ2v) is 5.93. The maximum absolute atomic E-state index is 12.2. The topological polar surface area (TPSA) is 73.9 Å². The van der Waals surface area contributed by atoms with Crippen molar-refractivity contribution in [2.75, 3.05) is 20.3 Å². The maximum Gasteiger partial charge on any atom is 0.338 e. The molecule has 0 atom stereocenters. The third-order valence-corrected chi connectivity index (χ3v) is 4.02. The molecule has 0 aliphatic carbocycles. The summed E-state index contributed by atoms with van der Waals surface area (Å²) in [6.07, 6.45) is 1.67. The van der Waals surface area contributed by atoms with E-state index in [9.17, 15) is 9.59 Å². The van der Waals surface area contributed by atoms with Gasteiger partial charge in [0.1, 0.15) is 0 Å². The van der Waals surface area contributed by atoms with Crippen LogP contribution in [0.2, 0.25) is 0 Å². The van der Waals surface area contributed by atoms with E-state index in [-0.39, 0.29) is 24.1 Å². The number of hydrogen-bond donors (Lipinski definition) is 1. The zero-order valence-electron chi connectivity index (χ0n) is 14.5. The highest BCUT2D eigenvalue weighted by Crippen LogP contribution is 2.36. The molecule has 0 radical (unpaired) electrons. The lowest BCUT2D eigenvalue weighted by atomic mass is 10.2. The molecular formula is C17H24BrNO5. The Bertz CT molecular complexity index is 572. The van der Waals surface area contributed by atoms with Gasteiger partial charge in [0.15, 0.2) is 18.1 Å². The number of esters is 1. The number of nitrogens with one attached hydrogen (secondary N) is 1. The fraction of sp³-hybridized carbons (Fsp3) is 0.529. The molecule has 24 heavy (non-hydrogen) atoms. The van der Waals surface area contributed by atoms with Crippen molar-refractivity contribution >= 4 is 27.8 Å². The summed E-state index contributed by atoms with van der Waals surface area (Å²) < 4.78 is 16.4. The van der Waals surface area contributed by atoms with Gasteiger partial charge < -0.3 is 19.5 Å². The van der Waals surface area contributed by atoms with Gasteiger partial charge in [0, 0.05) is 6.04 Å². The van der Waals surface area contributed by atoms with Crippen molar-refractivity contribution in [2.24, 2.45) is 0 Å². The van der Waals surface area contributed by atoms with Crippen LogP contribution in [0.1, 0.15) is 44.0 Å². The van der Waals surface area contributed by atoms with Crippen LogP contribution in [0.25, 0.3) is 0 Å². The fourth-order valence-electron chi connectivity index (χ4n) is 2.12. The van der Waals surface area contributed by atoms with Gasteiger partial charge in [0.05, 0.1) is 23.8 Å². The molecule has 7 heteroatoms. The van der Waals surface area contributed by atoms with E-state index < -0.39 is 5.97 Å².